The van der Waals surface area contributed by atoms with Gasteiger partial charge < -0.3 is 5.32 Å². The molecule has 3 aromatic carbocycles. The minimum absolute atomic E-state index is 0.171. The van der Waals surface area contributed by atoms with Crippen molar-refractivity contribution in [2.45, 2.75) is 6.54 Å². The molecule has 0 bridgehead atoms. The predicted octanol–water partition coefficient (Wildman–Crippen LogP) is 4.86. The third-order valence-corrected chi connectivity index (χ3v) is 5.10. The van der Waals surface area contributed by atoms with Crippen LogP contribution in [0.1, 0.15) is 15.9 Å². The van der Waals surface area contributed by atoms with Gasteiger partial charge in [0.1, 0.15) is 5.82 Å². The van der Waals surface area contributed by atoms with Gasteiger partial charge in [-0.2, -0.15) is 5.10 Å². The van der Waals surface area contributed by atoms with Gasteiger partial charge in [-0.25, -0.2) is 9.07 Å². The molecule has 0 saturated heterocycles. The molecule has 0 aliphatic carbocycles. The van der Waals surface area contributed by atoms with Gasteiger partial charge >= 0.3 is 0 Å². The monoisotopic (exact) mass is 423 g/mol. The number of hydrogen-bond acceptors (Lipinski definition) is 2. The van der Waals surface area contributed by atoms with Gasteiger partial charge in [0, 0.05) is 16.4 Å². The first-order chi connectivity index (χ1) is 13.1. The van der Waals surface area contributed by atoms with Crippen LogP contribution >= 0.6 is 15.9 Å². The summed E-state index contributed by atoms with van der Waals surface area (Å²) in [5.41, 5.74) is 3.07. The Balaban J connectivity index is 1.63. The lowest BCUT2D eigenvalue weighted by atomic mass is 10.1. The van der Waals surface area contributed by atoms with E-state index in [0.29, 0.717) is 12.1 Å². The summed E-state index contributed by atoms with van der Waals surface area (Å²) in [6.45, 7) is 0.419. The second-order valence-corrected chi connectivity index (χ2v) is 6.90. The Hall–Kier alpha value is -2.99. The summed E-state index contributed by atoms with van der Waals surface area (Å²) < 4.78 is 15.8. The SMILES string of the molecule is O=C(NCc1ccccc1Br)c1cccc2c1cnn2-c1ccc(F)cc1. The molecule has 0 saturated carbocycles. The number of carbonyl (C=O) groups is 1. The number of rotatable bonds is 4. The van der Waals surface area contributed by atoms with Gasteiger partial charge in [0.2, 0.25) is 0 Å². The standard InChI is InChI=1S/C21H15BrFN3O/c22-19-6-2-1-4-14(19)12-24-21(27)17-5-3-7-20-18(17)13-25-26(20)16-10-8-15(23)9-11-16/h1-11,13H,12H2,(H,24,27). The summed E-state index contributed by atoms with van der Waals surface area (Å²) in [6, 6.07) is 19.3. The van der Waals surface area contributed by atoms with E-state index in [1.54, 1.807) is 29.1 Å². The molecule has 6 heteroatoms. The van der Waals surface area contributed by atoms with E-state index in [-0.39, 0.29) is 11.7 Å². The molecule has 0 aliphatic rings. The van der Waals surface area contributed by atoms with Crippen LogP contribution in [0.4, 0.5) is 4.39 Å². The van der Waals surface area contributed by atoms with E-state index < -0.39 is 0 Å². The molecular weight excluding hydrogens is 409 g/mol. The van der Waals surface area contributed by atoms with Crippen molar-refractivity contribution in [3.8, 4) is 5.69 Å². The quantitative estimate of drug-likeness (QED) is 0.509. The first-order valence-electron chi connectivity index (χ1n) is 8.38. The van der Waals surface area contributed by atoms with Crippen LogP contribution in [0, 0.1) is 5.82 Å². The fourth-order valence-electron chi connectivity index (χ4n) is 2.95. The molecule has 0 radical (unpaired) electrons. The number of carbonyl (C=O) groups excluding carboxylic acids is 1. The van der Waals surface area contributed by atoms with Gasteiger partial charge in [-0.05, 0) is 48.0 Å². The first kappa shape index (κ1) is 17.4. The van der Waals surface area contributed by atoms with E-state index in [2.05, 4.69) is 26.3 Å². The molecule has 0 fully saturated rings. The molecule has 4 aromatic rings. The Morgan fingerprint density at radius 3 is 2.59 bits per heavy atom. The summed E-state index contributed by atoms with van der Waals surface area (Å²) in [7, 11) is 0. The molecule has 134 valence electrons. The largest absolute Gasteiger partial charge is 0.348 e. The molecule has 4 nitrogen and oxygen atoms in total. The minimum Gasteiger partial charge on any atom is -0.348 e. The van der Waals surface area contributed by atoms with E-state index in [1.807, 2.05) is 36.4 Å². The zero-order valence-electron chi connectivity index (χ0n) is 14.2. The molecule has 0 aliphatic heterocycles. The molecular formula is C21H15BrFN3O. The number of halogens is 2. The fourth-order valence-corrected chi connectivity index (χ4v) is 3.37. The number of amides is 1. The van der Waals surface area contributed by atoms with Crippen LogP contribution in [0.15, 0.2) is 77.4 Å². The molecule has 1 aromatic heterocycles. The van der Waals surface area contributed by atoms with E-state index in [4.69, 9.17) is 0 Å². The normalized spacial score (nSPS) is 10.9. The van der Waals surface area contributed by atoms with Gasteiger partial charge in [0.15, 0.2) is 0 Å². The third kappa shape index (κ3) is 3.48. The number of nitrogens with zero attached hydrogens (tertiary/aromatic N) is 2. The average Bonchev–Trinajstić information content (AvgIpc) is 3.12. The maximum absolute atomic E-state index is 13.2. The maximum atomic E-state index is 13.2. The lowest BCUT2D eigenvalue weighted by molar-refractivity contribution is 0.0952. The highest BCUT2D eigenvalue weighted by atomic mass is 79.9. The summed E-state index contributed by atoms with van der Waals surface area (Å²) in [5.74, 6) is -0.475. The van der Waals surface area contributed by atoms with E-state index in [1.165, 1.54) is 12.1 Å². The van der Waals surface area contributed by atoms with Gasteiger partial charge in [0.25, 0.3) is 5.91 Å². The van der Waals surface area contributed by atoms with Crippen LogP contribution in [-0.2, 0) is 6.54 Å². The first-order valence-corrected chi connectivity index (χ1v) is 9.17. The van der Waals surface area contributed by atoms with Crippen molar-refractivity contribution in [2.24, 2.45) is 0 Å². The summed E-state index contributed by atoms with van der Waals surface area (Å²) in [6.07, 6.45) is 1.66. The van der Waals surface area contributed by atoms with Crippen molar-refractivity contribution >= 4 is 32.7 Å². The van der Waals surface area contributed by atoms with Crippen LogP contribution in [0.5, 0.6) is 0 Å². The smallest absolute Gasteiger partial charge is 0.252 e. The van der Waals surface area contributed by atoms with Crippen molar-refractivity contribution in [3.05, 3.63) is 94.3 Å². The molecule has 0 spiro atoms. The maximum Gasteiger partial charge on any atom is 0.252 e. The van der Waals surface area contributed by atoms with Crippen molar-refractivity contribution in [3.63, 3.8) is 0 Å². The van der Waals surface area contributed by atoms with E-state index in [9.17, 15) is 9.18 Å². The van der Waals surface area contributed by atoms with Gasteiger partial charge in [-0.15, -0.1) is 0 Å². The predicted molar refractivity (Wildman–Crippen MR) is 106 cm³/mol. The zero-order valence-corrected chi connectivity index (χ0v) is 15.8. The van der Waals surface area contributed by atoms with Gasteiger partial charge in [-0.1, -0.05) is 40.2 Å². The molecule has 1 N–H and O–H groups in total. The highest BCUT2D eigenvalue weighted by Crippen LogP contribution is 2.22. The van der Waals surface area contributed by atoms with Crippen LogP contribution < -0.4 is 5.32 Å². The number of hydrogen-bond donors (Lipinski definition) is 1. The summed E-state index contributed by atoms with van der Waals surface area (Å²) in [5, 5.41) is 8.07. The third-order valence-electron chi connectivity index (χ3n) is 4.33. The lowest BCUT2D eigenvalue weighted by Gasteiger charge is -2.08. The summed E-state index contributed by atoms with van der Waals surface area (Å²) >= 11 is 3.49. The second kappa shape index (κ2) is 7.32. The number of fused-ring (bicyclic) bond motifs is 1. The average molecular weight is 424 g/mol. The van der Waals surface area contributed by atoms with E-state index in [0.717, 1.165) is 26.6 Å². The van der Waals surface area contributed by atoms with Crippen molar-refractivity contribution in [1.82, 2.24) is 15.1 Å². The van der Waals surface area contributed by atoms with E-state index >= 15 is 0 Å². The van der Waals surface area contributed by atoms with Crippen LogP contribution in [0.2, 0.25) is 0 Å². The Kier molecular flexibility index (Phi) is 4.73. The number of aromatic nitrogens is 2. The van der Waals surface area contributed by atoms with Crippen LogP contribution in [0.25, 0.3) is 16.6 Å². The Labute approximate surface area is 163 Å². The minimum atomic E-state index is -0.303. The Morgan fingerprint density at radius 2 is 1.81 bits per heavy atom. The Morgan fingerprint density at radius 1 is 1.04 bits per heavy atom. The molecule has 0 atom stereocenters. The highest BCUT2D eigenvalue weighted by molar-refractivity contribution is 9.10. The second-order valence-electron chi connectivity index (χ2n) is 6.05. The molecule has 1 heterocycles. The zero-order chi connectivity index (χ0) is 18.8. The van der Waals surface area contributed by atoms with Gasteiger partial charge in [-0.3, -0.25) is 4.79 Å². The molecule has 1 amide bonds. The molecule has 27 heavy (non-hydrogen) atoms. The highest BCUT2D eigenvalue weighted by Gasteiger charge is 2.14. The topological polar surface area (TPSA) is 46.9 Å². The van der Waals surface area contributed by atoms with Crippen molar-refractivity contribution in [2.75, 3.05) is 0 Å². The number of benzene rings is 3. The lowest BCUT2D eigenvalue weighted by Crippen LogP contribution is -2.23. The number of nitrogens with one attached hydrogen (secondary N) is 1. The molecule has 4 rings (SSSR count). The van der Waals surface area contributed by atoms with Crippen LogP contribution in [-0.4, -0.2) is 15.7 Å². The molecule has 0 unspecified atom stereocenters. The Bertz CT molecular complexity index is 1120. The van der Waals surface area contributed by atoms with Crippen molar-refractivity contribution < 1.29 is 9.18 Å². The van der Waals surface area contributed by atoms with Crippen molar-refractivity contribution in [1.29, 1.82) is 0 Å². The fraction of sp³-hybridized carbons (Fsp3) is 0.0476. The summed E-state index contributed by atoms with van der Waals surface area (Å²) in [4.78, 5) is 12.7. The van der Waals surface area contributed by atoms with Gasteiger partial charge in [0.05, 0.1) is 23.0 Å². The van der Waals surface area contributed by atoms with Crippen LogP contribution in [0.3, 0.4) is 0 Å².